The summed E-state index contributed by atoms with van der Waals surface area (Å²) in [6.45, 7) is 0.129. The van der Waals surface area contributed by atoms with Gasteiger partial charge in [0.1, 0.15) is 17.3 Å². The highest BCUT2D eigenvalue weighted by Gasteiger charge is 2.46. The van der Waals surface area contributed by atoms with Gasteiger partial charge < -0.3 is 19.5 Å². The van der Waals surface area contributed by atoms with Crippen LogP contribution >= 0.6 is 11.6 Å². The molecule has 1 unspecified atom stereocenters. The zero-order chi connectivity index (χ0) is 23.5. The van der Waals surface area contributed by atoms with Crippen LogP contribution in [0.5, 0.6) is 11.5 Å². The SMILES string of the molecule is COc1cccc(CN2C(=O)C(=O)/C(=C(/O)c3cc(OC)ccc3Cl)C2c2cccnc2)c1. The fourth-order valence-corrected chi connectivity index (χ4v) is 4.06. The Morgan fingerprint density at radius 3 is 2.52 bits per heavy atom. The molecule has 1 aliphatic heterocycles. The molecule has 1 aliphatic rings. The Hall–Kier alpha value is -3.84. The lowest BCUT2D eigenvalue weighted by Gasteiger charge is -2.25. The van der Waals surface area contributed by atoms with Crippen LogP contribution in [0.15, 0.2) is 72.6 Å². The van der Waals surface area contributed by atoms with Gasteiger partial charge in [-0.1, -0.05) is 29.8 Å². The fourth-order valence-electron chi connectivity index (χ4n) is 3.85. The minimum absolute atomic E-state index is 0.0638. The molecule has 0 saturated carbocycles. The van der Waals surface area contributed by atoms with Gasteiger partial charge in [0.25, 0.3) is 11.7 Å². The van der Waals surface area contributed by atoms with E-state index < -0.39 is 17.7 Å². The van der Waals surface area contributed by atoms with Gasteiger partial charge in [0.15, 0.2) is 0 Å². The highest BCUT2D eigenvalue weighted by atomic mass is 35.5. The number of methoxy groups -OCH3 is 2. The molecule has 1 amide bonds. The summed E-state index contributed by atoms with van der Waals surface area (Å²) in [6, 6.07) is 14.5. The number of Topliss-reactive ketones (excluding diaryl/α,β-unsaturated/α-hetero) is 1. The summed E-state index contributed by atoms with van der Waals surface area (Å²) >= 11 is 6.32. The second-order valence-corrected chi connectivity index (χ2v) is 7.82. The number of pyridine rings is 1. The number of aromatic nitrogens is 1. The van der Waals surface area contributed by atoms with E-state index in [2.05, 4.69) is 4.98 Å². The van der Waals surface area contributed by atoms with Gasteiger partial charge in [-0.15, -0.1) is 0 Å². The van der Waals surface area contributed by atoms with Crippen LogP contribution in [-0.4, -0.2) is 40.9 Å². The molecule has 0 bridgehead atoms. The normalized spacial score (nSPS) is 17.3. The molecule has 8 heteroatoms. The first-order chi connectivity index (χ1) is 15.9. The first kappa shape index (κ1) is 22.4. The Morgan fingerprint density at radius 2 is 1.82 bits per heavy atom. The number of ketones is 1. The average Bonchev–Trinajstić information content (AvgIpc) is 3.09. The molecule has 2 aromatic carbocycles. The van der Waals surface area contributed by atoms with Crippen molar-refractivity contribution in [3.8, 4) is 11.5 Å². The van der Waals surface area contributed by atoms with E-state index >= 15 is 0 Å². The van der Waals surface area contributed by atoms with Gasteiger partial charge in [-0.05, 0) is 47.5 Å². The smallest absolute Gasteiger partial charge is 0.295 e. The molecule has 1 N–H and O–H groups in total. The Balaban J connectivity index is 1.87. The average molecular weight is 465 g/mol. The number of halogens is 1. The third kappa shape index (κ3) is 4.27. The van der Waals surface area contributed by atoms with Crippen molar-refractivity contribution in [2.45, 2.75) is 12.6 Å². The molecule has 168 valence electrons. The quantitative estimate of drug-likeness (QED) is 0.331. The zero-order valence-electron chi connectivity index (χ0n) is 18.0. The molecular weight excluding hydrogens is 444 g/mol. The minimum atomic E-state index is -0.854. The van der Waals surface area contributed by atoms with E-state index in [0.717, 1.165) is 5.56 Å². The molecule has 2 heterocycles. The van der Waals surface area contributed by atoms with Crippen LogP contribution in [0.1, 0.15) is 22.7 Å². The summed E-state index contributed by atoms with van der Waals surface area (Å²) < 4.78 is 10.5. The lowest BCUT2D eigenvalue weighted by atomic mass is 9.96. The highest BCUT2D eigenvalue weighted by Crippen LogP contribution is 2.41. The van der Waals surface area contributed by atoms with Gasteiger partial charge >= 0.3 is 0 Å². The Bertz CT molecular complexity index is 1240. The second kappa shape index (κ2) is 9.34. The van der Waals surface area contributed by atoms with Crippen molar-refractivity contribution < 1.29 is 24.2 Å². The maximum Gasteiger partial charge on any atom is 0.295 e. The van der Waals surface area contributed by atoms with Gasteiger partial charge in [-0.2, -0.15) is 0 Å². The summed E-state index contributed by atoms with van der Waals surface area (Å²) in [6.07, 6.45) is 3.16. The van der Waals surface area contributed by atoms with E-state index in [-0.39, 0.29) is 28.5 Å². The van der Waals surface area contributed by atoms with Crippen molar-refractivity contribution in [3.63, 3.8) is 0 Å². The van der Waals surface area contributed by atoms with Crippen molar-refractivity contribution in [2.24, 2.45) is 0 Å². The summed E-state index contributed by atoms with van der Waals surface area (Å²) in [7, 11) is 3.04. The minimum Gasteiger partial charge on any atom is -0.507 e. The molecule has 3 aromatic rings. The van der Waals surface area contributed by atoms with E-state index in [1.807, 2.05) is 6.07 Å². The monoisotopic (exact) mass is 464 g/mol. The molecule has 1 atom stereocenters. The molecule has 0 radical (unpaired) electrons. The molecule has 33 heavy (non-hydrogen) atoms. The van der Waals surface area contributed by atoms with Crippen molar-refractivity contribution in [1.29, 1.82) is 0 Å². The van der Waals surface area contributed by atoms with Crippen LogP contribution in [0.2, 0.25) is 5.02 Å². The Kier molecular flexibility index (Phi) is 6.33. The summed E-state index contributed by atoms with van der Waals surface area (Å²) in [5.74, 6) is -0.829. The van der Waals surface area contributed by atoms with Gasteiger partial charge in [0.2, 0.25) is 0 Å². The third-order valence-corrected chi connectivity index (χ3v) is 5.79. The van der Waals surface area contributed by atoms with Gasteiger partial charge in [0.05, 0.1) is 30.9 Å². The van der Waals surface area contributed by atoms with Crippen molar-refractivity contribution in [1.82, 2.24) is 9.88 Å². The molecule has 1 fully saturated rings. The van der Waals surface area contributed by atoms with Gasteiger partial charge in [0, 0.05) is 24.5 Å². The number of ether oxygens (including phenoxy) is 2. The topological polar surface area (TPSA) is 89.0 Å². The van der Waals surface area contributed by atoms with Gasteiger partial charge in [-0.25, -0.2) is 0 Å². The number of hydrogen-bond donors (Lipinski definition) is 1. The number of carbonyl (C=O) groups is 2. The number of benzene rings is 2. The van der Waals surface area contributed by atoms with Crippen LogP contribution in [0.25, 0.3) is 5.76 Å². The number of hydrogen-bond acceptors (Lipinski definition) is 6. The first-order valence-corrected chi connectivity index (χ1v) is 10.5. The predicted molar refractivity (Wildman–Crippen MR) is 123 cm³/mol. The van der Waals surface area contributed by atoms with E-state index in [1.165, 1.54) is 18.1 Å². The number of carbonyl (C=O) groups excluding carboxylic acids is 2. The standard InChI is InChI=1S/C25H21ClN2O5/c1-32-17-7-3-5-15(11-17)14-28-22(16-6-4-10-27-13-16)21(24(30)25(28)31)23(29)19-12-18(33-2)8-9-20(19)26/h3-13,22,29H,14H2,1-2H3/b23-21+. The maximum atomic E-state index is 13.2. The predicted octanol–water partition coefficient (Wildman–Crippen LogP) is 4.37. The largest absolute Gasteiger partial charge is 0.507 e. The van der Waals surface area contributed by atoms with Crippen molar-refractivity contribution in [3.05, 3.63) is 94.3 Å². The lowest BCUT2D eigenvalue weighted by molar-refractivity contribution is -0.140. The fraction of sp³-hybridized carbons (Fsp3) is 0.160. The molecule has 4 rings (SSSR count). The summed E-state index contributed by atoms with van der Waals surface area (Å²) in [5.41, 5.74) is 1.49. The third-order valence-electron chi connectivity index (χ3n) is 5.46. The Labute approximate surface area is 195 Å². The lowest BCUT2D eigenvalue weighted by Crippen LogP contribution is -2.29. The van der Waals surface area contributed by atoms with Crippen molar-refractivity contribution in [2.75, 3.05) is 14.2 Å². The van der Waals surface area contributed by atoms with Crippen LogP contribution < -0.4 is 9.47 Å². The molecular formula is C25H21ClN2O5. The van der Waals surface area contributed by atoms with Crippen LogP contribution in [0.4, 0.5) is 0 Å². The van der Waals surface area contributed by atoms with E-state index in [4.69, 9.17) is 21.1 Å². The number of aliphatic hydroxyl groups is 1. The van der Waals surface area contributed by atoms with Crippen molar-refractivity contribution >= 4 is 29.1 Å². The molecule has 1 saturated heterocycles. The summed E-state index contributed by atoms with van der Waals surface area (Å²) in [5, 5.41) is 11.4. The van der Waals surface area contributed by atoms with Crippen LogP contribution in [0, 0.1) is 0 Å². The Morgan fingerprint density at radius 1 is 1.06 bits per heavy atom. The highest BCUT2D eigenvalue weighted by molar-refractivity contribution is 6.47. The van der Waals surface area contributed by atoms with Crippen LogP contribution in [0.3, 0.4) is 0 Å². The first-order valence-electron chi connectivity index (χ1n) is 10.1. The molecule has 0 aliphatic carbocycles. The molecule has 0 spiro atoms. The number of likely N-dealkylation sites (tertiary alicyclic amines) is 1. The summed E-state index contributed by atoms with van der Waals surface area (Å²) in [4.78, 5) is 31.8. The zero-order valence-corrected chi connectivity index (χ0v) is 18.7. The number of nitrogens with zero attached hydrogens (tertiary/aromatic N) is 2. The van der Waals surface area contributed by atoms with Gasteiger partial charge in [-0.3, -0.25) is 14.6 Å². The molecule has 1 aromatic heterocycles. The molecule has 7 nitrogen and oxygen atoms in total. The van der Waals surface area contributed by atoms with Crippen LogP contribution in [-0.2, 0) is 16.1 Å². The van der Waals surface area contributed by atoms with E-state index in [1.54, 1.807) is 62.0 Å². The van der Waals surface area contributed by atoms with E-state index in [0.29, 0.717) is 17.1 Å². The van der Waals surface area contributed by atoms with E-state index in [9.17, 15) is 14.7 Å². The number of rotatable bonds is 6. The number of amides is 1. The second-order valence-electron chi connectivity index (χ2n) is 7.41. The number of aliphatic hydroxyl groups excluding tert-OH is 1. The maximum absolute atomic E-state index is 13.2.